The number of aryl methyl sites for hydroxylation is 1. The minimum absolute atomic E-state index is 0. The number of benzene rings is 1. The Morgan fingerprint density at radius 3 is 2.55 bits per heavy atom. The molecule has 6 heteroatoms. The third-order valence-corrected chi connectivity index (χ3v) is 5.98. The van der Waals surface area contributed by atoms with Crippen molar-refractivity contribution in [2.75, 3.05) is 45.9 Å². The highest BCUT2D eigenvalue weighted by Crippen LogP contribution is 2.18. The summed E-state index contributed by atoms with van der Waals surface area (Å²) in [5.41, 5.74) is 2.66. The van der Waals surface area contributed by atoms with Crippen LogP contribution >= 0.6 is 24.0 Å². The van der Waals surface area contributed by atoms with E-state index < -0.39 is 0 Å². The first kappa shape index (κ1) is 24.4. The van der Waals surface area contributed by atoms with E-state index in [0.717, 1.165) is 38.2 Å². The lowest BCUT2D eigenvalue weighted by atomic mass is 10.0. The molecule has 164 valence electrons. The van der Waals surface area contributed by atoms with E-state index in [4.69, 9.17) is 9.73 Å². The molecule has 2 aliphatic heterocycles. The van der Waals surface area contributed by atoms with Gasteiger partial charge < -0.3 is 20.3 Å². The van der Waals surface area contributed by atoms with Gasteiger partial charge in [0, 0.05) is 51.3 Å². The molecule has 2 atom stereocenters. The number of hydrogen-bond acceptors (Lipinski definition) is 3. The van der Waals surface area contributed by atoms with E-state index in [-0.39, 0.29) is 24.0 Å². The zero-order chi connectivity index (χ0) is 19.8. The van der Waals surface area contributed by atoms with Crippen molar-refractivity contribution in [3.63, 3.8) is 0 Å². The predicted molar refractivity (Wildman–Crippen MR) is 133 cm³/mol. The van der Waals surface area contributed by atoms with E-state index in [1.165, 1.54) is 50.0 Å². The molecular formula is C23H39IN4O. The molecule has 0 saturated carbocycles. The van der Waals surface area contributed by atoms with Gasteiger partial charge in [-0.1, -0.05) is 36.8 Å². The highest BCUT2D eigenvalue weighted by atomic mass is 127. The fraction of sp³-hybridized carbons (Fsp3) is 0.696. The number of guanidine groups is 1. The molecule has 3 rings (SSSR count). The SMILES string of the molecule is CCNC(=NCC(C)c1ccc(C)cc1)NC1CCN(CC2CCOC2)CC1.I. The summed E-state index contributed by atoms with van der Waals surface area (Å²) in [5.74, 6) is 2.13. The predicted octanol–water partition coefficient (Wildman–Crippen LogP) is 3.77. The van der Waals surface area contributed by atoms with Crippen molar-refractivity contribution in [2.24, 2.45) is 10.9 Å². The fourth-order valence-electron chi connectivity index (χ4n) is 4.09. The average Bonchev–Trinajstić information content (AvgIpc) is 3.21. The lowest BCUT2D eigenvalue weighted by Crippen LogP contribution is -2.49. The highest BCUT2D eigenvalue weighted by Gasteiger charge is 2.24. The van der Waals surface area contributed by atoms with Crippen molar-refractivity contribution in [1.29, 1.82) is 0 Å². The van der Waals surface area contributed by atoms with E-state index in [0.29, 0.717) is 12.0 Å². The van der Waals surface area contributed by atoms with Crippen LogP contribution < -0.4 is 10.6 Å². The normalized spacial score (nSPS) is 22.2. The molecule has 0 spiro atoms. The Morgan fingerprint density at radius 1 is 1.21 bits per heavy atom. The first-order valence-corrected chi connectivity index (χ1v) is 11.1. The lowest BCUT2D eigenvalue weighted by molar-refractivity contribution is 0.150. The zero-order valence-corrected chi connectivity index (χ0v) is 20.7. The van der Waals surface area contributed by atoms with Crippen LogP contribution in [0.15, 0.2) is 29.3 Å². The minimum atomic E-state index is 0. The van der Waals surface area contributed by atoms with Gasteiger partial charge in [-0.05, 0) is 44.6 Å². The first-order valence-electron chi connectivity index (χ1n) is 11.1. The van der Waals surface area contributed by atoms with Crippen molar-refractivity contribution in [3.8, 4) is 0 Å². The van der Waals surface area contributed by atoms with E-state index >= 15 is 0 Å². The number of likely N-dealkylation sites (tertiary alicyclic amines) is 1. The molecule has 2 N–H and O–H groups in total. The smallest absolute Gasteiger partial charge is 0.191 e. The molecule has 0 radical (unpaired) electrons. The molecule has 2 fully saturated rings. The zero-order valence-electron chi connectivity index (χ0n) is 18.3. The van der Waals surface area contributed by atoms with Crippen LogP contribution in [-0.4, -0.2) is 62.8 Å². The number of rotatable bonds is 7. The van der Waals surface area contributed by atoms with E-state index in [1.807, 2.05) is 0 Å². The van der Waals surface area contributed by atoms with Gasteiger partial charge in [0.1, 0.15) is 0 Å². The van der Waals surface area contributed by atoms with Crippen LogP contribution in [0.25, 0.3) is 0 Å². The number of aliphatic imine (C=N–C) groups is 1. The molecule has 2 aliphatic rings. The molecule has 2 unspecified atom stereocenters. The van der Waals surface area contributed by atoms with Crippen LogP contribution in [-0.2, 0) is 4.74 Å². The maximum absolute atomic E-state index is 5.52. The number of ether oxygens (including phenoxy) is 1. The largest absolute Gasteiger partial charge is 0.381 e. The van der Waals surface area contributed by atoms with Crippen LogP contribution in [0.2, 0.25) is 0 Å². The highest BCUT2D eigenvalue weighted by molar-refractivity contribution is 14.0. The standard InChI is InChI=1S/C23H38N4O.HI/c1-4-24-23(25-15-19(3)21-7-5-18(2)6-8-21)26-22-9-12-27(13-10-22)16-20-11-14-28-17-20;/h5-8,19-20,22H,4,9-17H2,1-3H3,(H2,24,25,26);1H. The van der Waals surface area contributed by atoms with E-state index in [2.05, 4.69) is 60.6 Å². The molecular weight excluding hydrogens is 475 g/mol. The van der Waals surface area contributed by atoms with Crippen molar-refractivity contribution < 1.29 is 4.74 Å². The third-order valence-electron chi connectivity index (χ3n) is 5.98. The second-order valence-corrected chi connectivity index (χ2v) is 8.48. The van der Waals surface area contributed by atoms with E-state index in [9.17, 15) is 0 Å². The van der Waals surface area contributed by atoms with Crippen LogP contribution in [0, 0.1) is 12.8 Å². The van der Waals surface area contributed by atoms with Crippen molar-refractivity contribution in [3.05, 3.63) is 35.4 Å². The van der Waals surface area contributed by atoms with Gasteiger partial charge >= 0.3 is 0 Å². The van der Waals surface area contributed by atoms with Crippen LogP contribution in [0.5, 0.6) is 0 Å². The Hall–Kier alpha value is -0.860. The van der Waals surface area contributed by atoms with Crippen molar-refractivity contribution in [1.82, 2.24) is 15.5 Å². The Kier molecular flexibility index (Phi) is 10.7. The average molecular weight is 514 g/mol. The molecule has 5 nitrogen and oxygen atoms in total. The molecule has 0 aromatic heterocycles. The molecule has 0 amide bonds. The topological polar surface area (TPSA) is 48.9 Å². The summed E-state index contributed by atoms with van der Waals surface area (Å²) in [6, 6.07) is 9.33. The molecule has 2 heterocycles. The maximum atomic E-state index is 5.52. The monoisotopic (exact) mass is 514 g/mol. The number of nitrogens with zero attached hydrogens (tertiary/aromatic N) is 2. The minimum Gasteiger partial charge on any atom is -0.381 e. The Balaban J connectivity index is 0.00000300. The summed E-state index contributed by atoms with van der Waals surface area (Å²) in [7, 11) is 0. The van der Waals surface area contributed by atoms with E-state index in [1.54, 1.807) is 0 Å². The lowest BCUT2D eigenvalue weighted by Gasteiger charge is -2.34. The summed E-state index contributed by atoms with van der Waals surface area (Å²) in [4.78, 5) is 7.48. The summed E-state index contributed by atoms with van der Waals surface area (Å²) in [6.45, 7) is 13.7. The Labute approximate surface area is 194 Å². The second-order valence-electron chi connectivity index (χ2n) is 8.48. The number of halogens is 1. The quantitative estimate of drug-likeness (QED) is 0.331. The number of hydrogen-bond donors (Lipinski definition) is 2. The summed E-state index contributed by atoms with van der Waals surface area (Å²) in [5, 5.41) is 7.10. The van der Waals surface area contributed by atoms with Crippen molar-refractivity contribution >= 4 is 29.9 Å². The van der Waals surface area contributed by atoms with Crippen molar-refractivity contribution in [2.45, 2.75) is 52.0 Å². The van der Waals surface area contributed by atoms with Gasteiger partial charge in [0.15, 0.2) is 5.96 Å². The van der Waals surface area contributed by atoms with Crippen LogP contribution in [0.3, 0.4) is 0 Å². The van der Waals surface area contributed by atoms with Gasteiger partial charge in [-0.25, -0.2) is 0 Å². The van der Waals surface area contributed by atoms with Gasteiger partial charge in [0.05, 0.1) is 6.61 Å². The molecule has 0 bridgehead atoms. The summed E-state index contributed by atoms with van der Waals surface area (Å²) >= 11 is 0. The second kappa shape index (κ2) is 12.7. The van der Waals surface area contributed by atoms with Crippen LogP contribution in [0.1, 0.15) is 50.2 Å². The molecule has 1 aromatic carbocycles. The van der Waals surface area contributed by atoms with Gasteiger partial charge in [0.25, 0.3) is 0 Å². The molecule has 0 aliphatic carbocycles. The maximum Gasteiger partial charge on any atom is 0.191 e. The first-order chi connectivity index (χ1) is 13.6. The molecule has 2 saturated heterocycles. The fourth-order valence-corrected chi connectivity index (χ4v) is 4.09. The number of nitrogens with one attached hydrogen (secondary N) is 2. The van der Waals surface area contributed by atoms with Gasteiger partial charge in [0.2, 0.25) is 0 Å². The van der Waals surface area contributed by atoms with Gasteiger partial charge in [-0.15, -0.1) is 24.0 Å². The Bertz CT molecular complexity index is 608. The van der Waals surface area contributed by atoms with Crippen LogP contribution in [0.4, 0.5) is 0 Å². The summed E-state index contributed by atoms with van der Waals surface area (Å²) in [6.07, 6.45) is 3.60. The van der Waals surface area contributed by atoms with Gasteiger partial charge in [-0.2, -0.15) is 0 Å². The van der Waals surface area contributed by atoms with Gasteiger partial charge in [-0.3, -0.25) is 4.99 Å². The number of piperidine rings is 1. The molecule has 29 heavy (non-hydrogen) atoms. The molecule has 1 aromatic rings. The summed E-state index contributed by atoms with van der Waals surface area (Å²) < 4.78 is 5.52. The third kappa shape index (κ3) is 8.06. The Morgan fingerprint density at radius 2 is 1.93 bits per heavy atom.